The first-order valence-electron chi connectivity index (χ1n) is 8.04. The highest BCUT2D eigenvalue weighted by molar-refractivity contribution is 5.94. The van der Waals surface area contributed by atoms with Crippen LogP contribution in [-0.2, 0) is 4.79 Å². The number of aryl methyl sites for hydroxylation is 1. The van der Waals surface area contributed by atoms with Crippen molar-refractivity contribution in [3.63, 3.8) is 0 Å². The summed E-state index contributed by atoms with van der Waals surface area (Å²) in [5, 5.41) is 8.93. The Morgan fingerprint density at radius 2 is 1.88 bits per heavy atom. The molecule has 1 fully saturated rings. The number of hydrogen-bond donors (Lipinski definition) is 1. The third-order valence-corrected chi connectivity index (χ3v) is 4.49. The largest absolute Gasteiger partial charge is 0.480 e. The molecule has 1 aliphatic rings. The number of aliphatic carboxylic acids is 1. The molecule has 1 aromatic rings. The third-order valence-electron chi connectivity index (χ3n) is 4.49. The molecule has 132 valence electrons. The van der Waals surface area contributed by atoms with E-state index in [2.05, 4.69) is 0 Å². The van der Waals surface area contributed by atoms with E-state index in [1.54, 1.807) is 4.90 Å². The number of amides is 1. The van der Waals surface area contributed by atoms with Crippen molar-refractivity contribution in [2.75, 3.05) is 26.2 Å². The maximum absolute atomic E-state index is 13.9. The molecule has 7 heteroatoms. The minimum Gasteiger partial charge on any atom is -0.480 e. The number of carbonyl (C=O) groups is 2. The van der Waals surface area contributed by atoms with E-state index in [4.69, 9.17) is 5.11 Å². The van der Waals surface area contributed by atoms with Gasteiger partial charge in [-0.3, -0.25) is 14.5 Å². The highest BCUT2D eigenvalue weighted by Gasteiger charge is 2.29. The molecule has 0 aromatic heterocycles. The summed E-state index contributed by atoms with van der Waals surface area (Å²) >= 11 is 0. The smallest absolute Gasteiger partial charge is 0.317 e. The lowest BCUT2D eigenvalue weighted by molar-refractivity contribution is -0.139. The standard InChI is InChI=1S/C17H22F2N2O3/c1-3-20(10-16(22)23)12-4-6-21(7-5-12)17(24)13-8-11(2)14(18)9-15(13)19/h8-9,12H,3-7,10H2,1-2H3,(H,22,23). The molecule has 0 spiro atoms. The van der Waals surface area contributed by atoms with Crippen molar-refractivity contribution in [2.45, 2.75) is 32.7 Å². The molecule has 2 rings (SSSR count). The summed E-state index contributed by atoms with van der Waals surface area (Å²) in [5.41, 5.74) is 0.110. The zero-order valence-electron chi connectivity index (χ0n) is 13.9. The van der Waals surface area contributed by atoms with E-state index >= 15 is 0 Å². The van der Waals surface area contributed by atoms with Crippen LogP contribution < -0.4 is 0 Å². The quantitative estimate of drug-likeness (QED) is 0.893. The first-order valence-corrected chi connectivity index (χ1v) is 8.04. The van der Waals surface area contributed by atoms with Crippen molar-refractivity contribution in [3.05, 3.63) is 34.9 Å². The van der Waals surface area contributed by atoms with Crippen LogP contribution in [0.5, 0.6) is 0 Å². The highest BCUT2D eigenvalue weighted by atomic mass is 19.1. The number of likely N-dealkylation sites (N-methyl/N-ethyl adjacent to an activating group) is 1. The monoisotopic (exact) mass is 340 g/mol. The fraction of sp³-hybridized carbons (Fsp3) is 0.529. The van der Waals surface area contributed by atoms with Gasteiger partial charge in [-0.1, -0.05) is 6.92 Å². The number of likely N-dealkylation sites (tertiary alicyclic amines) is 1. The molecule has 0 radical (unpaired) electrons. The summed E-state index contributed by atoms with van der Waals surface area (Å²) in [7, 11) is 0. The number of carboxylic acid groups (broad SMARTS) is 1. The second-order valence-corrected chi connectivity index (χ2v) is 6.06. The van der Waals surface area contributed by atoms with Crippen molar-refractivity contribution in [1.82, 2.24) is 9.80 Å². The molecule has 1 amide bonds. The zero-order valence-corrected chi connectivity index (χ0v) is 13.9. The fourth-order valence-corrected chi connectivity index (χ4v) is 3.10. The predicted molar refractivity (Wildman–Crippen MR) is 84.9 cm³/mol. The van der Waals surface area contributed by atoms with Crippen LogP contribution in [0.25, 0.3) is 0 Å². The molecule has 0 aliphatic carbocycles. The molecule has 0 atom stereocenters. The van der Waals surface area contributed by atoms with Crippen LogP contribution >= 0.6 is 0 Å². The molecule has 24 heavy (non-hydrogen) atoms. The summed E-state index contributed by atoms with van der Waals surface area (Å²) in [6.45, 7) is 4.84. The summed E-state index contributed by atoms with van der Waals surface area (Å²) in [4.78, 5) is 26.8. The zero-order chi connectivity index (χ0) is 17.9. The average molecular weight is 340 g/mol. The van der Waals surface area contributed by atoms with Crippen LogP contribution in [0.2, 0.25) is 0 Å². The Balaban J connectivity index is 2.03. The van der Waals surface area contributed by atoms with Gasteiger partial charge in [0, 0.05) is 25.2 Å². The molecule has 1 aromatic carbocycles. The number of halogens is 2. The molecule has 0 bridgehead atoms. The SMILES string of the molecule is CCN(CC(=O)O)C1CCN(C(=O)c2cc(C)c(F)cc2F)CC1. The lowest BCUT2D eigenvalue weighted by Gasteiger charge is -2.37. The van der Waals surface area contributed by atoms with Crippen LogP contribution in [0.15, 0.2) is 12.1 Å². The molecule has 0 unspecified atom stereocenters. The van der Waals surface area contributed by atoms with Crippen LogP contribution in [0, 0.1) is 18.6 Å². The lowest BCUT2D eigenvalue weighted by Crippen LogP contribution is -2.48. The molecule has 5 nitrogen and oxygen atoms in total. The fourth-order valence-electron chi connectivity index (χ4n) is 3.10. The number of piperidine rings is 1. The van der Waals surface area contributed by atoms with Gasteiger partial charge in [-0.15, -0.1) is 0 Å². The van der Waals surface area contributed by atoms with Gasteiger partial charge >= 0.3 is 5.97 Å². The van der Waals surface area contributed by atoms with Gasteiger partial charge in [-0.05, 0) is 37.9 Å². The second kappa shape index (κ2) is 7.70. The van der Waals surface area contributed by atoms with E-state index in [0.717, 1.165) is 6.07 Å². The van der Waals surface area contributed by atoms with Crippen molar-refractivity contribution < 1.29 is 23.5 Å². The number of rotatable bonds is 5. The van der Waals surface area contributed by atoms with Gasteiger partial charge in [0.15, 0.2) is 0 Å². The number of carboxylic acids is 1. The van der Waals surface area contributed by atoms with Gasteiger partial charge in [0.2, 0.25) is 0 Å². The molecule has 0 saturated carbocycles. The Hall–Kier alpha value is -2.02. The van der Waals surface area contributed by atoms with E-state index in [1.165, 1.54) is 13.0 Å². The van der Waals surface area contributed by atoms with E-state index in [0.29, 0.717) is 32.5 Å². The van der Waals surface area contributed by atoms with Crippen molar-refractivity contribution in [1.29, 1.82) is 0 Å². The van der Waals surface area contributed by atoms with Gasteiger partial charge in [0.25, 0.3) is 5.91 Å². The van der Waals surface area contributed by atoms with Gasteiger partial charge < -0.3 is 10.0 Å². The van der Waals surface area contributed by atoms with Gasteiger partial charge in [0.1, 0.15) is 11.6 Å². The first kappa shape index (κ1) is 18.3. The first-order chi connectivity index (χ1) is 11.3. The lowest BCUT2D eigenvalue weighted by atomic mass is 10.0. The van der Waals surface area contributed by atoms with Gasteiger partial charge in [-0.2, -0.15) is 0 Å². The number of hydrogen-bond acceptors (Lipinski definition) is 3. The van der Waals surface area contributed by atoms with Crippen molar-refractivity contribution in [3.8, 4) is 0 Å². The summed E-state index contributed by atoms with van der Waals surface area (Å²) in [6, 6.07) is 2.07. The summed E-state index contributed by atoms with van der Waals surface area (Å²) in [5.74, 6) is -2.85. The predicted octanol–water partition coefficient (Wildman–Crippen LogP) is 2.28. The van der Waals surface area contributed by atoms with Gasteiger partial charge in [0.05, 0.1) is 12.1 Å². The number of carbonyl (C=O) groups excluding carboxylic acids is 1. The van der Waals surface area contributed by atoms with Crippen molar-refractivity contribution in [2.24, 2.45) is 0 Å². The van der Waals surface area contributed by atoms with E-state index < -0.39 is 23.5 Å². The molecule has 1 N–H and O–H groups in total. The maximum atomic E-state index is 13.9. The minimum absolute atomic E-state index is 0.0269. The summed E-state index contributed by atoms with van der Waals surface area (Å²) in [6.07, 6.45) is 1.27. The maximum Gasteiger partial charge on any atom is 0.317 e. The topological polar surface area (TPSA) is 60.9 Å². The number of nitrogens with zero attached hydrogens (tertiary/aromatic N) is 2. The van der Waals surface area contributed by atoms with Crippen LogP contribution in [0.4, 0.5) is 8.78 Å². The number of benzene rings is 1. The molecular weight excluding hydrogens is 318 g/mol. The third kappa shape index (κ3) is 4.08. The molecule has 1 saturated heterocycles. The van der Waals surface area contributed by atoms with Crippen LogP contribution in [0.1, 0.15) is 35.7 Å². The molecule has 1 aliphatic heterocycles. The Kier molecular flexibility index (Phi) is 5.88. The van der Waals surface area contributed by atoms with Crippen LogP contribution in [0.3, 0.4) is 0 Å². The minimum atomic E-state index is -0.876. The highest BCUT2D eigenvalue weighted by Crippen LogP contribution is 2.21. The van der Waals surface area contributed by atoms with E-state index in [9.17, 15) is 18.4 Å². The Bertz CT molecular complexity index is 629. The van der Waals surface area contributed by atoms with Crippen LogP contribution in [-0.4, -0.2) is 59.0 Å². The van der Waals surface area contributed by atoms with Gasteiger partial charge in [-0.25, -0.2) is 8.78 Å². The van der Waals surface area contributed by atoms with E-state index in [1.807, 2.05) is 11.8 Å². The average Bonchev–Trinajstić information content (AvgIpc) is 2.55. The Morgan fingerprint density at radius 3 is 2.42 bits per heavy atom. The summed E-state index contributed by atoms with van der Waals surface area (Å²) < 4.78 is 27.2. The Labute approximate surface area is 139 Å². The Morgan fingerprint density at radius 1 is 1.25 bits per heavy atom. The van der Waals surface area contributed by atoms with E-state index in [-0.39, 0.29) is 23.7 Å². The molecule has 1 heterocycles. The normalized spacial score (nSPS) is 15.8. The second-order valence-electron chi connectivity index (χ2n) is 6.06. The molecular formula is C17H22F2N2O3. The van der Waals surface area contributed by atoms with Crippen molar-refractivity contribution >= 4 is 11.9 Å².